The van der Waals surface area contributed by atoms with E-state index >= 15 is 0 Å². The molecule has 2 aromatic rings. The third-order valence-corrected chi connectivity index (χ3v) is 9.36. The van der Waals surface area contributed by atoms with Gasteiger partial charge < -0.3 is 10.1 Å². The number of fused-ring (bicyclic) bond motifs is 1. The molecule has 1 aromatic carbocycles. The van der Waals surface area contributed by atoms with Crippen LogP contribution in [0.4, 0.5) is 5.69 Å². The quantitative estimate of drug-likeness (QED) is 0.511. The number of primary sulfonamides is 1. The Morgan fingerprint density at radius 2 is 1.97 bits per heavy atom. The molecule has 1 aliphatic carbocycles. The molecule has 1 aliphatic heterocycles. The van der Waals surface area contributed by atoms with Gasteiger partial charge in [-0.2, -0.15) is 9.40 Å². The summed E-state index contributed by atoms with van der Waals surface area (Å²) in [6, 6.07) is 4.04. The molecule has 1 fully saturated rings. The predicted molar refractivity (Wildman–Crippen MR) is 133 cm³/mol. The van der Waals surface area contributed by atoms with E-state index in [1.54, 1.807) is 0 Å². The maximum Gasteiger partial charge on any atom is 0.243 e. The van der Waals surface area contributed by atoms with Gasteiger partial charge in [-0.15, -0.1) is 0 Å². The van der Waals surface area contributed by atoms with Gasteiger partial charge >= 0.3 is 0 Å². The number of aryl methyl sites for hydroxylation is 1. The normalized spacial score (nSPS) is 19.3. The van der Waals surface area contributed by atoms with Crippen LogP contribution < -0.4 is 10.5 Å². The average molecular weight is 526 g/mol. The van der Waals surface area contributed by atoms with Crippen molar-refractivity contribution in [3.63, 3.8) is 0 Å². The van der Waals surface area contributed by atoms with Crippen LogP contribution >= 0.6 is 0 Å². The van der Waals surface area contributed by atoms with Gasteiger partial charge in [0.2, 0.25) is 20.0 Å². The standard InChI is InChI=1S/C23H35N5O5S2/c1-16(2)15-33-17-6-5-11-28(14-17)35(31,32)18-9-10-20(23(12-18)34(24,29)30)25-13-21-19-7-4-8-22(19)27(3)26-21/h9-10,12,16-17,25H,4-8,11,13-15H2,1-3H3,(H2,24,29,30). The monoisotopic (exact) mass is 525 g/mol. The Kier molecular flexibility index (Phi) is 7.58. The molecule has 0 saturated carbocycles. The zero-order valence-electron chi connectivity index (χ0n) is 20.5. The highest BCUT2D eigenvalue weighted by atomic mass is 32.2. The van der Waals surface area contributed by atoms with E-state index in [0.29, 0.717) is 32.0 Å². The van der Waals surface area contributed by atoms with Crippen LogP contribution in [-0.2, 0) is 51.2 Å². The number of anilines is 1. The predicted octanol–water partition coefficient (Wildman–Crippen LogP) is 1.99. The summed E-state index contributed by atoms with van der Waals surface area (Å²) in [4.78, 5) is -0.355. The fraction of sp³-hybridized carbons (Fsp3) is 0.609. The van der Waals surface area contributed by atoms with Crippen LogP contribution in [0.5, 0.6) is 0 Å². The number of hydrogen-bond acceptors (Lipinski definition) is 7. The minimum atomic E-state index is -4.18. The van der Waals surface area contributed by atoms with Crippen LogP contribution in [0.1, 0.15) is 50.1 Å². The molecule has 2 heterocycles. The minimum absolute atomic E-state index is 0.102. The van der Waals surface area contributed by atoms with E-state index in [2.05, 4.69) is 10.4 Å². The van der Waals surface area contributed by atoms with Crippen molar-refractivity contribution in [1.82, 2.24) is 14.1 Å². The molecular weight excluding hydrogens is 490 g/mol. The summed E-state index contributed by atoms with van der Waals surface area (Å²) in [6.45, 7) is 5.57. The number of rotatable bonds is 9. The average Bonchev–Trinajstić information content (AvgIpc) is 3.40. The number of nitrogens with one attached hydrogen (secondary N) is 1. The third kappa shape index (κ3) is 5.72. The summed E-state index contributed by atoms with van der Waals surface area (Å²) in [6.07, 6.45) is 4.28. The van der Waals surface area contributed by atoms with E-state index in [4.69, 9.17) is 9.88 Å². The molecule has 0 amide bonds. The van der Waals surface area contributed by atoms with E-state index in [9.17, 15) is 16.8 Å². The topological polar surface area (TPSA) is 137 Å². The highest BCUT2D eigenvalue weighted by Crippen LogP contribution is 2.30. The fourth-order valence-corrected chi connectivity index (χ4v) is 7.15. The van der Waals surface area contributed by atoms with Gasteiger partial charge in [0.1, 0.15) is 4.90 Å². The molecule has 0 bridgehead atoms. The molecule has 10 nitrogen and oxygen atoms in total. The lowest BCUT2D eigenvalue weighted by Gasteiger charge is -2.32. The number of aromatic nitrogens is 2. The lowest BCUT2D eigenvalue weighted by Crippen LogP contribution is -2.43. The maximum atomic E-state index is 13.4. The minimum Gasteiger partial charge on any atom is -0.378 e. The Balaban J connectivity index is 1.56. The van der Waals surface area contributed by atoms with Crippen molar-refractivity contribution >= 4 is 25.7 Å². The van der Waals surface area contributed by atoms with E-state index < -0.39 is 20.0 Å². The molecule has 1 saturated heterocycles. The first-order valence-corrected chi connectivity index (χ1v) is 15.0. The van der Waals surface area contributed by atoms with Crippen molar-refractivity contribution in [1.29, 1.82) is 0 Å². The summed E-state index contributed by atoms with van der Waals surface area (Å²) in [5.74, 6) is 0.353. The Bertz CT molecular complexity index is 1290. The van der Waals surface area contributed by atoms with Crippen LogP contribution in [0, 0.1) is 5.92 Å². The van der Waals surface area contributed by atoms with Crippen LogP contribution in [0.3, 0.4) is 0 Å². The molecular formula is C23H35N5O5S2. The van der Waals surface area contributed by atoms with Crippen LogP contribution in [-0.4, -0.2) is 56.7 Å². The van der Waals surface area contributed by atoms with E-state index in [1.165, 1.54) is 27.7 Å². The molecule has 2 aliphatic rings. The first-order chi connectivity index (χ1) is 16.5. The molecule has 1 atom stereocenters. The smallest absolute Gasteiger partial charge is 0.243 e. The van der Waals surface area contributed by atoms with Crippen LogP contribution in [0.2, 0.25) is 0 Å². The molecule has 1 aromatic heterocycles. The summed E-state index contributed by atoms with van der Waals surface area (Å²) in [5.41, 5.74) is 3.50. The molecule has 35 heavy (non-hydrogen) atoms. The zero-order valence-corrected chi connectivity index (χ0v) is 22.2. The van der Waals surface area contributed by atoms with Crippen molar-refractivity contribution in [2.45, 2.75) is 68.4 Å². The molecule has 4 rings (SSSR count). The fourth-order valence-electron chi connectivity index (χ4n) is 4.80. The molecule has 12 heteroatoms. The van der Waals surface area contributed by atoms with Gasteiger partial charge in [-0.25, -0.2) is 22.0 Å². The largest absolute Gasteiger partial charge is 0.378 e. The van der Waals surface area contributed by atoms with Crippen molar-refractivity contribution in [3.05, 3.63) is 35.2 Å². The first kappa shape index (κ1) is 26.1. The Labute approximate surface area is 207 Å². The summed E-state index contributed by atoms with van der Waals surface area (Å²) in [7, 11) is -6.19. The van der Waals surface area contributed by atoms with E-state index in [0.717, 1.165) is 37.4 Å². The maximum absolute atomic E-state index is 13.4. The Morgan fingerprint density at radius 3 is 2.69 bits per heavy atom. The van der Waals surface area contributed by atoms with Gasteiger partial charge in [0, 0.05) is 32.4 Å². The molecule has 0 spiro atoms. The lowest BCUT2D eigenvalue weighted by atomic mass is 10.1. The molecule has 3 N–H and O–H groups in total. The van der Waals surface area contributed by atoms with Crippen LogP contribution in [0.25, 0.3) is 0 Å². The SMILES string of the molecule is CC(C)COC1CCCN(S(=O)(=O)c2ccc(NCc3nn(C)c4c3CCC4)c(S(N)(=O)=O)c2)C1. The van der Waals surface area contributed by atoms with Gasteiger partial charge in [-0.1, -0.05) is 13.8 Å². The van der Waals surface area contributed by atoms with Gasteiger partial charge in [0.15, 0.2) is 0 Å². The number of nitrogens with two attached hydrogens (primary N) is 1. The van der Waals surface area contributed by atoms with Crippen molar-refractivity contribution in [3.8, 4) is 0 Å². The summed E-state index contributed by atoms with van der Waals surface area (Å²) < 4.78 is 60.7. The second-order valence-corrected chi connectivity index (χ2v) is 13.2. The summed E-state index contributed by atoms with van der Waals surface area (Å²) >= 11 is 0. The van der Waals surface area contributed by atoms with Crippen molar-refractivity contribution in [2.24, 2.45) is 18.1 Å². The Morgan fingerprint density at radius 1 is 1.20 bits per heavy atom. The van der Waals surface area contributed by atoms with Gasteiger partial charge in [0.05, 0.1) is 28.9 Å². The molecule has 1 unspecified atom stereocenters. The van der Waals surface area contributed by atoms with Crippen LogP contribution in [0.15, 0.2) is 28.0 Å². The third-order valence-electron chi connectivity index (χ3n) is 6.55. The van der Waals surface area contributed by atoms with E-state index in [-0.39, 0.29) is 28.1 Å². The number of ether oxygens (including phenoxy) is 1. The first-order valence-electron chi connectivity index (χ1n) is 12.0. The van der Waals surface area contributed by atoms with Gasteiger partial charge in [-0.05, 0) is 61.8 Å². The summed E-state index contributed by atoms with van der Waals surface area (Å²) in [5, 5.41) is 13.1. The Hall–Kier alpha value is -1.99. The number of benzene rings is 1. The zero-order chi connectivity index (χ0) is 25.4. The second kappa shape index (κ2) is 10.2. The van der Waals surface area contributed by atoms with Crippen molar-refractivity contribution in [2.75, 3.05) is 25.0 Å². The highest BCUT2D eigenvalue weighted by molar-refractivity contribution is 7.90. The number of hydrogen-bond donors (Lipinski definition) is 2. The van der Waals surface area contributed by atoms with Crippen molar-refractivity contribution < 1.29 is 21.6 Å². The second-order valence-electron chi connectivity index (χ2n) is 9.76. The highest BCUT2D eigenvalue weighted by Gasteiger charge is 2.32. The number of nitrogens with zero attached hydrogens (tertiary/aromatic N) is 3. The van der Waals surface area contributed by atoms with Gasteiger partial charge in [0.25, 0.3) is 0 Å². The van der Waals surface area contributed by atoms with Gasteiger partial charge in [-0.3, -0.25) is 4.68 Å². The number of sulfonamides is 2. The lowest BCUT2D eigenvalue weighted by molar-refractivity contribution is 0.00554. The van der Waals surface area contributed by atoms with E-state index in [1.807, 2.05) is 25.6 Å². The molecule has 194 valence electrons. The number of piperidine rings is 1. The molecule has 0 radical (unpaired) electrons.